The molecule has 0 spiro atoms. The molecule has 0 aromatic heterocycles. The van der Waals surface area contributed by atoms with Crippen molar-refractivity contribution in [2.75, 3.05) is 7.11 Å². The van der Waals surface area contributed by atoms with Gasteiger partial charge in [0.15, 0.2) is 5.75 Å². The molecule has 0 aliphatic rings. The van der Waals surface area contributed by atoms with Crippen molar-refractivity contribution in [3.8, 4) is 11.8 Å². The van der Waals surface area contributed by atoms with Gasteiger partial charge >= 0.3 is 12.6 Å². The van der Waals surface area contributed by atoms with Crippen LogP contribution in [-0.2, 0) is 16.0 Å². The average Bonchev–Trinajstić information content (AvgIpc) is 2.31. The summed E-state index contributed by atoms with van der Waals surface area (Å²) in [5.74, 6) is -0.741. The highest BCUT2D eigenvalue weighted by Crippen LogP contribution is 2.32. The van der Waals surface area contributed by atoms with Gasteiger partial charge < -0.3 is 9.47 Å². The fourth-order valence-corrected chi connectivity index (χ4v) is 1.88. The molecule has 0 amide bonds. The molecule has 0 aliphatic heterocycles. The number of nitriles is 1. The molecule has 1 aromatic rings. The molecule has 1 rings (SSSR count). The zero-order valence-electron chi connectivity index (χ0n) is 9.25. The smallest absolute Gasteiger partial charge is 0.387 e. The predicted octanol–water partition coefficient (Wildman–Crippen LogP) is 2.64. The first-order valence-electron chi connectivity index (χ1n) is 4.72. The lowest BCUT2D eigenvalue weighted by molar-refractivity contribution is -0.139. The van der Waals surface area contributed by atoms with E-state index in [0.29, 0.717) is 5.56 Å². The maximum absolute atomic E-state index is 12.2. The standard InChI is InChI=1S/C11H8BrF2NO3/c1-17-9(16)4-6-2-7(5-15)10(8(12)3-6)18-11(13)14/h2-3,11H,4H2,1H3. The lowest BCUT2D eigenvalue weighted by Crippen LogP contribution is -2.07. The Kier molecular flexibility index (Phi) is 5.04. The van der Waals surface area contributed by atoms with E-state index >= 15 is 0 Å². The molecule has 0 unspecified atom stereocenters. The largest absolute Gasteiger partial charge is 0.469 e. The predicted molar refractivity (Wildman–Crippen MR) is 61.2 cm³/mol. The first-order chi connectivity index (χ1) is 8.47. The van der Waals surface area contributed by atoms with Crippen LogP contribution in [0.5, 0.6) is 5.75 Å². The molecule has 0 heterocycles. The molecular formula is C11H8BrF2NO3. The van der Waals surface area contributed by atoms with Gasteiger partial charge in [0.1, 0.15) is 6.07 Å². The number of methoxy groups -OCH3 is 1. The Labute approximate surface area is 110 Å². The Morgan fingerprint density at radius 2 is 2.22 bits per heavy atom. The summed E-state index contributed by atoms with van der Waals surface area (Å²) >= 11 is 3.02. The van der Waals surface area contributed by atoms with Crippen LogP contribution >= 0.6 is 15.9 Å². The molecular weight excluding hydrogens is 312 g/mol. The second kappa shape index (κ2) is 6.31. The molecule has 1 aromatic carbocycles. The number of nitrogens with zero attached hydrogens (tertiary/aromatic N) is 1. The van der Waals surface area contributed by atoms with Gasteiger partial charge in [-0.2, -0.15) is 14.0 Å². The minimum atomic E-state index is -3.03. The van der Waals surface area contributed by atoms with Crippen molar-refractivity contribution in [2.45, 2.75) is 13.0 Å². The average molecular weight is 320 g/mol. The molecule has 4 nitrogen and oxygen atoms in total. The molecule has 0 atom stereocenters. The van der Waals surface area contributed by atoms with Gasteiger partial charge in [0, 0.05) is 0 Å². The molecule has 0 radical (unpaired) electrons. The van der Waals surface area contributed by atoms with E-state index in [1.165, 1.54) is 19.2 Å². The van der Waals surface area contributed by atoms with Gasteiger partial charge in [-0.1, -0.05) is 0 Å². The van der Waals surface area contributed by atoms with Gasteiger partial charge in [-0.05, 0) is 33.6 Å². The quantitative estimate of drug-likeness (QED) is 0.800. The zero-order valence-corrected chi connectivity index (χ0v) is 10.8. The van der Waals surface area contributed by atoms with Crippen molar-refractivity contribution in [2.24, 2.45) is 0 Å². The zero-order chi connectivity index (χ0) is 13.7. The van der Waals surface area contributed by atoms with Crippen LogP contribution < -0.4 is 4.74 Å². The Bertz CT molecular complexity index is 500. The van der Waals surface area contributed by atoms with Crippen molar-refractivity contribution < 1.29 is 23.0 Å². The molecule has 0 bridgehead atoms. The maximum atomic E-state index is 12.2. The number of alkyl halides is 2. The van der Waals surface area contributed by atoms with Gasteiger partial charge in [0.25, 0.3) is 0 Å². The number of rotatable bonds is 4. The summed E-state index contributed by atoms with van der Waals surface area (Å²) in [6, 6.07) is 4.46. The van der Waals surface area contributed by atoms with Gasteiger partial charge in [-0.3, -0.25) is 4.79 Å². The monoisotopic (exact) mass is 319 g/mol. The summed E-state index contributed by atoms with van der Waals surface area (Å²) < 4.78 is 33.2. The van der Waals surface area contributed by atoms with Crippen LogP contribution in [-0.4, -0.2) is 19.7 Å². The Balaban J connectivity index is 3.11. The third kappa shape index (κ3) is 3.67. The lowest BCUT2D eigenvalue weighted by atomic mass is 10.1. The van der Waals surface area contributed by atoms with E-state index in [0.717, 1.165) is 0 Å². The molecule has 18 heavy (non-hydrogen) atoms. The van der Waals surface area contributed by atoms with Crippen molar-refractivity contribution in [3.63, 3.8) is 0 Å². The van der Waals surface area contributed by atoms with Crippen LogP contribution in [0.1, 0.15) is 11.1 Å². The Hall–Kier alpha value is -1.68. The van der Waals surface area contributed by atoms with Gasteiger partial charge in [-0.15, -0.1) is 0 Å². The van der Waals surface area contributed by atoms with Gasteiger partial charge in [-0.25, -0.2) is 0 Å². The van der Waals surface area contributed by atoms with E-state index in [1.807, 2.05) is 0 Å². The number of ether oxygens (including phenoxy) is 2. The summed E-state index contributed by atoms with van der Waals surface area (Å²) in [6.45, 7) is -3.03. The van der Waals surface area contributed by atoms with Crippen LogP contribution in [0, 0.1) is 11.3 Å². The van der Waals surface area contributed by atoms with Crippen LogP contribution in [0.4, 0.5) is 8.78 Å². The van der Waals surface area contributed by atoms with E-state index in [4.69, 9.17) is 5.26 Å². The van der Waals surface area contributed by atoms with Crippen molar-refractivity contribution in [1.29, 1.82) is 5.26 Å². The molecule has 7 heteroatoms. The number of benzene rings is 1. The van der Waals surface area contributed by atoms with Gasteiger partial charge in [0.05, 0.1) is 23.6 Å². The van der Waals surface area contributed by atoms with Crippen molar-refractivity contribution >= 4 is 21.9 Å². The summed E-state index contributed by atoms with van der Waals surface area (Å²) in [7, 11) is 1.23. The van der Waals surface area contributed by atoms with Crippen molar-refractivity contribution in [1.82, 2.24) is 0 Å². The van der Waals surface area contributed by atoms with E-state index < -0.39 is 12.6 Å². The minimum absolute atomic E-state index is 0.0568. The van der Waals surface area contributed by atoms with E-state index in [2.05, 4.69) is 25.4 Å². The fourth-order valence-electron chi connectivity index (χ4n) is 1.28. The highest BCUT2D eigenvalue weighted by molar-refractivity contribution is 9.10. The second-order valence-corrected chi connectivity index (χ2v) is 4.05. The summed E-state index contributed by atoms with van der Waals surface area (Å²) in [5, 5.41) is 8.86. The summed E-state index contributed by atoms with van der Waals surface area (Å²) in [6.07, 6.45) is -0.0568. The third-order valence-corrected chi connectivity index (χ3v) is 2.60. The van der Waals surface area contributed by atoms with E-state index in [1.54, 1.807) is 6.07 Å². The molecule has 0 fully saturated rings. The third-order valence-electron chi connectivity index (χ3n) is 2.01. The number of halogens is 3. The molecule has 0 saturated heterocycles. The van der Waals surface area contributed by atoms with Crippen LogP contribution in [0.3, 0.4) is 0 Å². The SMILES string of the molecule is COC(=O)Cc1cc(Br)c(OC(F)F)c(C#N)c1. The van der Waals surface area contributed by atoms with Crippen LogP contribution in [0.15, 0.2) is 16.6 Å². The fraction of sp³-hybridized carbons (Fsp3) is 0.273. The normalized spacial score (nSPS) is 10.0. The number of esters is 1. The van der Waals surface area contributed by atoms with Crippen LogP contribution in [0.25, 0.3) is 0 Å². The molecule has 96 valence electrons. The maximum Gasteiger partial charge on any atom is 0.387 e. The topological polar surface area (TPSA) is 59.3 Å². The van der Waals surface area contributed by atoms with Crippen LogP contribution in [0.2, 0.25) is 0 Å². The van der Waals surface area contributed by atoms with Crippen molar-refractivity contribution in [3.05, 3.63) is 27.7 Å². The molecule has 0 saturated carbocycles. The van der Waals surface area contributed by atoms with Gasteiger partial charge in [0.2, 0.25) is 0 Å². The number of carbonyl (C=O) groups is 1. The summed E-state index contributed by atoms with van der Waals surface area (Å²) in [5.41, 5.74) is 0.385. The highest BCUT2D eigenvalue weighted by atomic mass is 79.9. The Morgan fingerprint density at radius 3 is 2.72 bits per heavy atom. The first kappa shape index (κ1) is 14.4. The Morgan fingerprint density at radius 1 is 1.56 bits per heavy atom. The van der Waals surface area contributed by atoms with E-state index in [-0.39, 0.29) is 22.2 Å². The number of hydrogen-bond acceptors (Lipinski definition) is 4. The summed E-state index contributed by atoms with van der Waals surface area (Å²) in [4.78, 5) is 11.1. The first-order valence-corrected chi connectivity index (χ1v) is 5.51. The highest BCUT2D eigenvalue weighted by Gasteiger charge is 2.16. The second-order valence-electron chi connectivity index (χ2n) is 3.20. The lowest BCUT2D eigenvalue weighted by Gasteiger charge is -2.10. The minimum Gasteiger partial charge on any atom is -0.469 e. The molecule has 0 N–H and O–H groups in total. The number of hydrogen-bond donors (Lipinski definition) is 0. The van der Waals surface area contributed by atoms with E-state index in [9.17, 15) is 13.6 Å². The number of carbonyl (C=O) groups excluding carboxylic acids is 1. The molecule has 0 aliphatic carbocycles.